The van der Waals surface area contributed by atoms with Gasteiger partial charge in [0.25, 0.3) is 0 Å². The second kappa shape index (κ2) is 2.02. The summed E-state index contributed by atoms with van der Waals surface area (Å²) in [6, 6.07) is 0.454. The van der Waals surface area contributed by atoms with Gasteiger partial charge in [-0.15, -0.1) is 0 Å². The third kappa shape index (κ3) is 0.600. The van der Waals surface area contributed by atoms with Crippen molar-refractivity contribution in [2.24, 2.45) is 23.7 Å². The van der Waals surface area contributed by atoms with Crippen molar-refractivity contribution in [2.45, 2.75) is 18.9 Å². The van der Waals surface area contributed by atoms with E-state index >= 15 is 0 Å². The highest BCUT2D eigenvalue weighted by Gasteiger charge is 2.59. The highest BCUT2D eigenvalue weighted by atomic mass is 16.3. The van der Waals surface area contributed by atoms with Crippen molar-refractivity contribution in [3.63, 3.8) is 0 Å². The Hall–Kier alpha value is -0.570. The van der Waals surface area contributed by atoms with Crippen LogP contribution in [0.3, 0.4) is 0 Å². The molecule has 66 valence electrons. The van der Waals surface area contributed by atoms with Crippen molar-refractivity contribution >= 4 is 5.91 Å². The van der Waals surface area contributed by atoms with E-state index < -0.39 is 0 Å². The maximum atomic E-state index is 11.4. The molecule has 1 heterocycles. The number of fused-ring (bicyclic) bond motifs is 1. The average molecular weight is 167 g/mol. The SMILES string of the molecule is O=C1NC2C[C@@H]3C[C@@H]2C1[C@H]3CO. The van der Waals surface area contributed by atoms with E-state index in [1.54, 1.807) is 0 Å². The van der Waals surface area contributed by atoms with E-state index in [1.165, 1.54) is 6.42 Å². The lowest BCUT2D eigenvalue weighted by Gasteiger charge is -2.23. The molecule has 1 aliphatic heterocycles. The first-order valence-corrected chi connectivity index (χ1v) is 4.72. The van der Waals surface area contributed by atoms with Gasteiger partial charge >= 0.3 is 0 Å². The molecule has 0 radical (unpaired) electrons. The third-order valence-corrected chi connectivity index (χ3v) is 4.02. The fraction of sp³-hybridized carbons (Fsp3) is 0.889. The Balaban J connectivity index is 1.98. The van der Waals surface area contributed by atoms with Crippen molar-refractivity contribution < 1.29 is 9.90 Å². The zero-order valence-electron chi connectivity index (χ0n) is 6.86. The summed E-state index contributed by atoms with van der Waals surface area (Å²) in [5, 5.41) is 12.2. The summed E-state index contributed by atoms with van der Waals surface area (Å²) in [5.74, 6) is 1.80. The molecule has 3 rings (SSSR count). The summed E-state index contributed by atoms with van der Waals surface area (Å²) in [6.07, 6.45) is 2.28. The summed E-state index contributed by atoms with van der Waals surface area (Å²) in [5.41, 5.74) is 0. The van der Waals surface area contributed by atoms with Crippen LogP contribution in [0.1, 0.15) is 12.8 Å². The lowest BCUT2D eigenvalue weighted by Crippen LogP contribution is -2.28. The number of aliphatic hydroxyl groups is 1. The van der Waals surface area contributed by atoms with E-state index in [9.17, 15) is 4.79 Å². The zero-order chi connectivity index (χ0) is 8.29. The van der Waals surface area contributed by atoms with E-state index in [2.05, 4.69) is 5.32 Å². The summed E-state index contributed by atoms with van der Waals surface area (Å²) in [7, 11) is 0. The predicted molar refractivity (Wildman–Crippen MR) is 42.2 cm³/mol. The van der Waals surface area contributed by atoms with Gasteiger partial charge in [0.15, 0.2) is 0 Å². The number of carbonyl (C=O) groups is 1. The first-order valence-electron chi connectivity index (χ1n) is 4.72. The number of aliphatic hydroxyl groups excluding tert-OH is 1. The molecule has 1 amide bonds. The Morgan fingerprint density at radius 3 is 3.08 bits per heavy atom. The Morgan fingerprint density at radius 1 is 1.50 bits per heavy atom. The molecular formula is C9H13NO2. The third-order valence-electron chi connectivity index (χ3n) is 4.02. The highest BCUT2D eigenvalue weighted by molar-refractivity contribution is 5.83. The molecule has 2 bridgehead atoms. The van der Waals surface area contributed by atoms with Crippen LogP contribution >= 0.6 is 0 Å². The molecule has 2 N–H and O–H groups in total. The number of hydrogen-bond donors (Lipinski definition) is 2. The predicted octanol–water partition coefficient (Wildman–Crippen LogP) is -0.251. The van der Waals surface area contributed by atoms with Gasteiger partial charge in [-0.25, -0.2) is 0 Å². The van der Waals surface area contributed by atoms with Crippen molar-refractivity contribution in [3.8, 4) is 0 Å². The molecule has 0 aromatic heterocycles. The van der Waals surface area contributed by atoms with Crippen LogP contribution in [-0.2, 0) is 4.79 Å². The van der Waals surface area contributed by atoms with Crippen LogP contribution in [0.4, 0.5) is 0 Å². The molecule has 3 aliphatic rings. The van der Waals surface area contributed by atoms with Crippen LogP contribution in [0.25, 0.3) is 0 Å². The van der Waals surface area contributed by atoms with E-state index in [0.29, 0.717) is 17.9 Å². The number of nitrogens with one attached hydrogen (secondary N) is 1. The summed E-state index contributed by atoms with van der Waals surface area (Å²) in [4.78, 5) is 11.4. The molecular weight excluding hydrogens is 154 g/mol. The van der Waals surface area contributed by atoms with Crippen LogP contribution in [0.5, 0.6) is 0 Å². The van der Waals surface area contributed by atoms with Gasteiger partial charge in [0.05, 0.1) is 0 Å². The molecule has 2 saturated carbocycles. The lowest BCUT2D eigenvalue weighted by atomic mass is 9.80. The summed E-state index contributed by atoms with van der Waals surface area (Å²) >= 11 is 0. The van der Waals surface area contributed by atoms with E-state index in [0.717, 1.165) is 6.42 Å². The number of amides is 1. The van der Waals surface area contributed by atoms with E-state index in [1.807, 2.05) is 0 Å². The Labute approximate surface area is 71.1 Å². The molecule has 5 atom stereocenters. The van der Waals surface area contributed by atoms with Gasteiger partial charge < -0.3 is 10.4 Å². The van der Waals surface area contributed by atoms with E-state index in [-0.39, 0.29) is 24.3 Å². The van der Waals surface area contributed by atoms with Gasteiger partial charge in [-0.05, 0) is 30.6 Å². The minimum absolute atomic E-state index is 0.152. The standard InChI is InChI=1S/C9H13NO2/c11-3-6-4-1-5-7(2-4)10-9(12)8(5)6/h4-8,11H,1-3H2,(H,10,12)/t4-,5-,6-,7?,8?/m0/s1. The number of carbonyl (C=O) groups excluding carboxylic acids is 1. The van der Waals surface area contributed by atoms with E-state index in [4.69, 9.17) is 5.11 Å². The average Bonchev–Trinajstić information content (AvgIpc) is 2.61. The molecule has 3 fully saturated rings. The molecule has 3 heteroatoms. The smallest absolute Gasteiger partial charge is 0.224 e. The van der Waals surface area contributed by atoms with Crippen molar-refractivity contribution in [2.75, 3.05) is 6.61 Å². The van der Waals surface area contributed by atoms with Crippen molar-refractivity contribution in [3.05, 3.63) is 0 Å². The molecule has 2 aliphatic carbocycles. The Kier molecular flexibility index (Phi) is 1.16. The van der Waals surface area contributed by atoms with Gasteiger partial charge in [0.1, 0.15) is 0 Å². The molecule has 12 heavy (non-hydrogen) atoms. The van der Waals surface area contributed by atoms with Crippen molar-refractivity contribution in [1.29, 1.82) is 0 Å². The molecule has 1 saturated heterocycles. The van der Waals surface area contributed by atoms with Crippen LogP contribution in [0, 0.1) is 23.7 Å². The van der Waals surface area contributed by atoms with Gasteiger partial charge in [0.2, 0.25) is 5.91 Å². The quantitative estimate of drug-likeness (QED) is 0.565. The van der Waals surface area contributed by atoms with Crippen molar-refractivity contribution in [1.82, 2.24) is 5.32 Å². The van der Waals surface area contributed by atoms with Crippen LogP contribution in [0.2, 0.25) is 0 Å². The van der Waals surface area contributed by atoms with Crippen LogP contribution in [-0.4, -0.2) is 23.7 Å². The molecule has 0 spiro atoms. The van der Waals surface area contributed by atoms with Gasteiger partial charge in [-0.3, -0.25) is 4.79 Å². The molecule has 3 nitrogen and oxygen atoms in total. The second-order valence-corrected chi connectivity index (χ2v) is 4.38. The maximum Gasteiger partial charge on any atom is 0.224 e. The summed E-state index contributed by atoms with van der Waals surface area (Å²) in [6.45, 7) is 0.200. The fourth-order valence-electron chi connectivity index (χ4n) is 3.56. The first-order chi connectivity index (χ1) is 5.81. The monoisotopic (exact) mass is 167 g/mol. The van der Waals surface area contributed by atoms with Crippen LogP contribution < -0.4 is 5.32 Å². The minimum Gasteiger partial charge on any atom is -0.396 e. The largest absolute Gasteiger partial charge is 0.396 e. The molecule has 2 unspecified atom stereocenters. The second-order valence-electron chi connectivity index (χ2n) is 4.38. The molecule has 0 aromatic rings. The van der Waals surface area contributed by atoms with Gasteiger partial charge in [0, 0.05) is 18.6 Å². The lowest BCUT2D eigenvalue weighted by molar-refractivity contribution is -0.124. The number of rotatable bonds is 1. The number of hydrogen-bond acceptors (Lipinski definition) is 2. The highest BCUT2D eigenvalue weighted by Crippen LogP contribution is 2.55. The van der Waals surface area contributed by atoms with Gasteiger partial charge in [-0.2, -0.15) is 0 Å². The molecule has 0 aromatic carbocycles. The Morgan fingerprint density at radius 2 is 2.33 bits per heavy atom. The first kappa shape index (κ1) is 6.89. The van der Waals surface area contributed by atoms with Gasteiger partial charge in [-0.1, -0.05) is 0 Å². The normalized spacial score (nSPS) is 54.8. The fourth-order valence-corrected chi connectivity index (χ4v) is 3.56. The minimum atomic E-state index is 0.152. The topological polar surface area (TPSA) is 49.3 Å². The zero-order valence-corrected chi connectivity index (χ0v) is 6.86. The maximum absolute atomic E-state index is 11.4. The summed E-state index contributed by atoms with van der Waals surface area (Å²) < 4.78 is 0. The van der Waals surface area contributed by atoms with Crippen LogP contribution in [0.15, 0.2) is 0 Å². The Bertz CT molecular complexity index is 239.